The minimum Gasteiger partial charge on any atom is -0.369 e. The molecule has 1 fully saturated rings. The second kappa shape index (κ2) is 4.89. The van der Waals surface area contributed by atoms with Crippen LogP contribution in [0.1, 0.15) is 36.5 Å². The number of carbonyl (C=O) groups excluding carboxylic acids is 2. The van der Waals surface area contributed by atoms with Crippen molar-refractivity contribution in [3.63, 3.8) is 0 Å². The molecule has 1 atom stereocenters. The molecule has 1 aromatic rings. The van der Waals surface area contributed by atoms with E-state index in [-0.39, 0.29) is 5.56 Å². The molecule has 1 N–H and O–H groups in total. The van der Waals surface area contributed by atoms with Gasteiger partial charge in [-0.1, -0.05) is 13.3 Å². The van der Waals surface area contributed by atoms with Gasteiger partial charge in [0.15, 0.2) is 0 Å². The van der Waals surface area contributed by atoms with E-state index in [0.717, 1.165) is 25.9 Å². The van der Waals surface area contributed by atoms with Crippen molar-refractivity contribution in [3.05, 3.63) is 23.5 Å². The molecule has 0 spiro atoms. The first-order chi connectivity index (χ1) is 9.60. The van der Waals surface area contributed by atoms with Gasteiger partial charge in [0.2, 0.25) is 0 Å². The highest BCUT2D eigenvalue weighted by atomic mass is 19.1. The van der Waals surface area contributed by atoms with Crippen molar-refractivity contribution in [2.45, 2.75) is 26.2 Å². The summed E-state index contributed by atoms with van der Waals surface area (Å²) in [6.07, 6.45) is 3.30. The predicted molar refractivity (Wildman–Crippen MR) is 74.6 cm³/mol. The fourth-order valence-electron chi connectivity index (χ4n) is 3.01. The monoisotopic (exact) mass is 276 g/mol. The van der Waals surface area contributed by atoms with E-state index in [1.54, 1.807) is 6.07 Å². The molecule has 5 heteroatoms. The van der Waals surface area contributed by atoms with Crippen LogP contribution in [0.4, 0.5) is 15.8 Å². The number of rotatable bonds is 2. The summed E-state index contributed by atoms with van der Waals surface area (Å²) in [5.41, 5.74) is 1.05. The number of Topliss-reactive ketones (excluding diaryl/α,β-unsaturated/α-hetero) is 1. The van der Waals surface area contributed by atoms with Crippen LogP contribution in [0.2, 0.25) is 0 Å². The number of fused-ring (bicyclic) bond motifs is 1. The van der Waals surface area contributed by atoms with Gasteiger partial charge in [-0.15, -0.1) is 0 Å². The van der Waals surface area contributed by atoms with Gasteiger partial charge in [-0.25, -0.2) is 4.39 Å². The maximum Gasteiger partial charge on any atom is 0.296 e. The zero-order valence-electron chi connectivity index (χ0n) is 11.4. The van der Waals surface area contributed by atoms with E-state index < -0.39 is 17.5 Å². The van der Waals surface area contributed by atoms with Crippen molar-refractivity contribution in [1.29, 1.82) is 0 Å². The van der Waals surface area contributed by atoms with E-state index in [1.165, 1.54) is 12.5 Å². The van der Waals surface area contributed by atoms with Crippen molar-refractivity contribution in [3.8, 4) is 0 Å². The summed E-state index contributed by atoms with van der Waals surface area (Å²) in [5, 5.41) is 2.50. The summed E-state index contributed by atoms with van der Waals surface area (Å²) in [6, 6.07) is 2.77. The summed E-state index contributed by atoms with van der Waals surface area (Å²) in [7, 11) is 0. The van der Waals surface area contributed by atoms with Crippen LogP contribution in [0.3, 0.4) is 0 Å². The molecule has 0 aliphatic carbocycles. The van der Waals surface area contributed by atoms with Crippen LogP contribution in [0.5, 0.6) is 0 Å². The van der Waals surface area contributed by atoms with Gasteiger partial charge in [-0.2, -0.15) is 0 Å². The van der Waals surface area contributed by atoms with E-state index >= 15 is 0 Å². The molecule has 4 nitrogen and oxygen atoms in total. The SMILES string of the molecule is CCC1CCCN(c2cc3c(cc2F)C(=O)C(=O)N3)C1. The summed E-state index contributed by atoms with van der Waals surface area (Å²) in [6.45, 7) is 3.79. The van der Waals surface area contributed by atoms with Gasteiger partial charge in [-0.05, 0) is 30.9 Å². The van der Waals surface area contributed by atoms with Crippen LogP contribution in [-0.4, -0.2) is 24.8 Å². The molecular weight excluding hydrogens is 259 g/mol. The van der Waals surface area contributed by atoms with Gasteiger partial charge in [-0.3, -0.25) is 9.59 Å². The van der Waals surface area contributed by atoms with Gasteiger partial charge in [0.1, 0.15) is 5.82 Å². The summed E-state index contributed by atoms with van der Waals surface area (Å²) < 4.78 is 14.2. The number of halogens is 1. The van der Waals surface area contributed by atoms with Crippen molar-refractivity contribution in [2.24, 2.45) is 5.92 Å². The standard InChI is InChI=1S/C15H17FN2O2/c1-2-9-4-3-5-18(8-9)13-7-12-10(6-11(13)16)14(19)15(20)17-12/h6-7,9H,2-5,8H2,1H3,(H,17,19,20). The third-order valence-corrected chi connectivity index (χ3v) is 4.22. The van der Waals surface area contributed by atoms with Crippen LogP contribution in [0.25, 0.3) is 0 Å². The number of nitrogens with zero attached hydrogens (tertiary/aromatic N) is 1. The molecule has 106 valence electrons. The predicted octanol–water partition coefficient (Wildman–Crippen LogP) is 2.59. The zero-order valence-corrected chi connectivity index (χ0v) is 11.4. The Morgan fingerprint density at radius 2 is 2.20 bits per heavy atom. The van der Waals surface area contributed by atoms with Gasteiger partial charge < -0.3 is 10.2 Å². The summed E-state index contributed by atoms with van der Waals surface area (Å²) in [4.78, 5) is 24.9. The molecule has 0 aromatic heterocycles. The molecule has 0 saturated carbocycles. The average molecular weight is 276 g/mol. The number of nitrogens with one attached hydrogen (secondary N) is 1. The Bertz CT molecular complexity index is 585. The van der Waals surface area contributed by atoms with Crippen LogP contribution in [-0.2, 0) is 4.79 Å². The highest BCUT2D eigenvalue weighted by Gasteiger charge is 2.31. The molecule has 3 rings (SSSR count). The lowest BCUT2D eigenvalue weighted by Crippen LogP contribution is -2.35. The van der Waals surface area contributed by atoms with E-state index in [1.807, 2.05) is 4.90 Å². The van der Waals surface area contributed by atoms with Gasteiger partial charge in [0, 0.05) is 13.1 Å². The number of carbonyl (C=O) groups is 2. The van der Waals surface area contributed by atoms with Crippen molar-refractivity contribution >= 4 is 23.1 Å². The minimum absolute atomic E-state index is 0.139. The molecule has 2 heterocycles. The minimum atomic E-state index is -0.679. The van der Waals surface area contributed by atoms with Crippen molar-refractivity contribution in [1.82, 2.24) is 0 Å². The Morgan fingerprint density at radius 1 is 1.40 bits per heavy atom. The molecule has 20 heavy (non-hydrogen) atoms. The lowest BCUT2D eigenvalue weighted by Gasteiger charge is -2.34. The number of benzene rings is 1. The number of ketones is 1. The van der Waals surface area contributed by atoms with E-state index in [9.17, 15) is 14.0 Å². The zero-order chi connectivity index (χ0) is 14.3. The number of piperidine rings is 1. The maximum atomic E-state index is 14.2. The Kier molecular flexibility index (Phi) is 3.20. The molecule has 1 aromatic carbocycles. The van der Waals surface area contributed by atoms with Gasteiger partial charge >= 0.3 is 0 Å². The highest BCUT2D eigenvalue weighted by Crippen LogP contribution is 2.33. The maximum absolute atomic E-state index is 14.2. The smallest absolute Gasteiger partial charge is 0.296 e. The Balaban J connectivity index is 1.93. The fraction of sp³-hybridized carbons (Fsp3) is 0.467. The summed E-state index contributed by atoms with van der Waals surface area (Å²) in [5.74, 6) is -1.19. The van der Waals surface area contributed by atoms with Crippen LogP contribution < -0.4 is 10.2 Å². The normalized spacial score (nSPS) is 21.9. The molecule has 0 bridgehead atoms. The van der Waals surface area contributed by atoms with Gasteiger partial charge in [0.25, 0.3) is 11.7 Å². The van der Waals surface area contributed by atoms with Crippen LogP contribution >= 0.6 is 0 Å². The molecule has 2 aliphatic heterocycles. The molecular formula is C15H17FN2O2. The Hall–Kier alpha value is -1.91. The molecule has 1 saturated heterocycles. The Morgan fingerprint density at radius 3 is 2.95 bits per heavy atom. The largest absolute Gasteiger partial charge is 0.369 e. The second-order valence-corrected chi connectivity index (χ2v) is 5.49. The van der Waals surface area contributed by atoms with Crippen LogP contribution in [0, 0.1) is 11.7 Å². The van der Waals surface area contributed by atoms with Crippen LogP contribution in [0.15, 0.2) is 12.1 Å². The first-order valence-corrected chi connectivity index (χ1v) is 7.04. The van der Waals surface area contributed by atoms with Crippen molar-refractivity contribution in [2.75, 3.05) is 23.3 Å². The van der Waals surface area contributed by atoms with Gasteiger partial charge in [0.05, 0.1) is 16.9 Å². The first-order valence-electron chi connectivity index (χ1n) is 7.04. The van der Waals surface area contributed by atoms with E-state index in [0.29, 0.717) is 17.3 Å². The fourth-order valence-corrected chi connectivity index (χ4v) is 3.01. The lowest BCUT2D eigenvalue weighted by molar-refractivity contribution is -0.112. The quantitative estimate of drug-likeness (QED) is 0.845. The lowest BCUT2D eigenvalue weighted by atomic mass is 9.95. The third kappa shape index (κ3) is 2.07. The molecule has 1 amide bonds. The topological polar surface area (TPSA) is 49.4 Å². The Labute approximate surface area is 117 Å². The number of hydrogen-bond acceptors (Lipinski definition) is 3. The third-order valence-electron chi connectivity index (χ3n) is 4.22. The number of hydrogen-bond donors (Lipinski definition) is 1. The summed E-state index contributed by atoms with van der Waals surface area (Å²) >= 11 is 0. The number of amides is 1. The van der Waals surface area contributed by atoms with E-state index in [2.05, 4.69) is 12.2 Å². The molecule has 2 aliphatic rings. The average Bonchev–Trinajstić information content (AvgIpc) is 2.73. The molecule has 1 unspecified atom stereocenters. The molecule has 0 radical (unpaired) electrons. The number of anilines is 2. The second-order valence-electron chi connectivity index (χ2n) is 5.49. The highest BCUT2D eigenvalue weighted by molar-refractivity contribution is 6.51. The first kappa shape index (κ1) is 13.1. The van der Waals surface area contributed by atoms with Crippen molar-refractivity contribution < 1.29 is 14.0 Å². The van der Waals surface area contributed by atoms with E-state index in [4.69, 9.17) is 0 Å².